The van der Waals surface area contributed by atoms with E-state index in [-0.39, 0.29) is 23.6 Å². The van der Waals surface area contributed by atoms with Crippen LogP contribution in [-0.4, -0.2) is 45.0 Å². The molecule has 0 saturated heterocycles. The van der Waals surface area contributed by atoms with Gasteiger partial charge in [0, 0.05) is 13.2 Å². The van der Waals surface area contributed by atoms with E-state index in [1.807, 2.05) is 6.07 Å². The Hall–Kier alpha value is -3.60. The minimum atomic E-state index is -3.66. The minimum Gasteiger partial charge on any atom is -0.263 e. The monoisotopic (exact) mass is 524 g/mol. The number of halogens is 2. The zero-order valence-corrected chi connectivity index (χ0v) is 21.5. The number of nitrogens with zero attached hydrogens (tertiary/aromatic N) is 5. The van der Waals surface area contributed by atoms with Gasteiger partial charge in [0.25, 0.3) is 0 Å². The first kappa shape index (κ1) is 23.8. The molecule has 0 aliphatic heterocycles. The van der Waals surface area contributed by atoms with Gasteiger partial charge in [0.15, 0.2) is 20.7 Å². The molecule has 192 valence electrons. The number of aromatic amines is 1. The molecule has 1 aromatic carbocycles. The van der Waals surface area contributed by atoms with Crippen LogP contribution in [0.15, 0.2) is 41.4 Å². The highest BCUT2D eigenvalue weighted by molar-refractivity contribution is 7.90. The second kappa shape index (κ2) is 7.70. The molecule has 0 spiro atoms. The van der Waals surface area contributed by atoms with Gasteiger partial charge in [0.05, 0.1) is 28.1 Å². The summed E-state index contributed by atoms with van der Waals surface area (Å²) in [6, 6.07) is 8.71. The third-order valence-electron chi connectivity index (χ3n) is 8.08. The van der Waals surface area contributed by atoms with E-state index in [1.54, 1.807) is 13.0 Å². The van der Waals surface area contributed by atoms with Gasteiger partial charge in [-0.3, -0.25) is 5.10 Å². The molecule has 37 heavy (non-hydrogen) atoms. The van der Waals surface area contributed by atoms with Gasteiger partial charge in [0.2, 0.25) is 0 Å². The van der Waals surface area contributed by atoms with Crippen LogP contribution in [-0.2, 0) is 15.3 Å². The Morgan fingerprint density at radius 3 is 2.46 bits per heavy atom. The predicted octanol–water partition coefficient (Wildman–Crippen LogP) is 4.76. The Balaban J connectivity index is 0.00000294. The molecule has 2 aliphatic carbocycles. The second-order valence-electron chi connectivity index (χ2n) is 10.4. The molecule has 1 N–H and O–H groups in total. The summed E-state index contributed by atoms with van der Waals surface area (Å²) < 4.78 is 54.4. The number of nitrogens with one attached hydrogen (secondary N) is 1. The largest absolute Gasteiger partial charge is 0.263 e. The Labute approximate surface area is 214 Å². The highest BCUT2D eigenvalue weighted by Crippen LogP contribution is 2.69. The number of benzene rings is 1. The van der Waals surface area contributed by atoms with Crippen LogP contribution in [0.25, 0.3) is 22.6 Å². The van der Waals surface area contributed by atoms with Crippen molar-refractivity contribution in [3.63, 3.8) is 0 Å². The lowest BCUT2D eigenvalue weighted by atomic mass is 9.66. The number of aryl methyl sites for hydroxylation is 1. The van der Waals surface area contributed by atoms with Crippen molar-refractivity contribution in [3.8, 4) is 22.6 Å². The van der Waals surface area contributed by atoms with Gasteiger partial charge in [-0.05, 0) is 67.0 Å². The Bertz CT molecular complexity index is 1690. The highest BCUT2D eigenvalue weighted by Gasteiger charge is 2.65. The standard InChI is InChI=1S/C26H24F2N6O2S.H2/c1-13-29-24(34-31-13)14-10-20(30-21(11-14)37(4,35)36)26-9-8-16(25(26,2)3)15-12-19(32-33-23(15)26)22-17(27)6-5-7-18(22)28;/h5-7,10-12,16H,8-9H2,1-4H3,(H,29,31,34);1H/t16-,26-;/m0./s1. The number of sulfone groups is 1. The van der Waals surface area contributed by atoms with Gasteiger partial charge in [-0.1, -0.05) is 19.9 Å². The molecule has 0 radical (unpaired) electrons. The summed E-state index contributed by atoms with van der Waals surface area (Å²) >= 11 is 0. The van der Waals surface area contributed by atoms with E-state index in [2.05, 4.69) is 44.2 Å². The van der Waals surface area contributed by atoms with Crippen molar-refractivity contribution in [2.45, 2.75) is 50.0 Å². The van der Waals surface area contributed by atoms with E-state index < -0.39 is 32.3 Å². The van der Waals surface area contributed by atoms with Crippen LogP contribution in [0.1, 0.15) is 56.8 Å². The first-order valence-electron chi connectivity index (χ1n) is 11.9. The zero-order chi connectivity index (χ0) is 26.3. The van der Waals surface area contributed by atoms with Crippen LogP contribution in [0.2, 0.25) is 0 Å². The van der Waals surface area contributed by atoms with E-state index in [1.165, 1.54) is 24.3 Å². The number of rotatable bonds is 4. The number of pyridine rings is 1. The van der Waals surface area contributed by atoms with E-state index in [0.29, 0.717) is 35.0 Å². The predicted molar refractivity (Wildman–Crippen MR) is 133 cm³/mol. The molecule has 0 amide bonds. The number of H-pyrrole nitrogens is 1. The molecule has 4 aromatic rings. The highest BCUT2D eigenvalue weighted by atomic mass is 32.2. The summed E-state index contributed by atoms with van der Waals surface area (Å²) in [5, 5.41) is 15.7. The summed E-state index contributed by atoms with van der Waals surface area (Å²) in [6.45, 7) is 5.96. The summed E-state index contributed by atoms with van der Waals surface area (Å²) in [5.41, 5.74) is 1.30. The maximum absolute atomic E-state index is 14.5. The lowest BCUT2D eigenvalue weighted by Crippen LogP contribution is -2.38. The van der Waals surface area contributed by atoms with Gasteiger partial charge in [0.1, 0.15) is 17.5 Å². The van der Waals surface area contributed by atoms with Gasteiger partial charge >= 0.3 is 0 Å². The minimum absolute atomic E-state index is 0. The van der Waals surface area contributed by atoms with Crippen LogP contribution in [0.4, 0.5) is 8.78 Å². The summed E-state index contributed by atoms with van der Waals surface area (Å²) in [6.07, 6.45) is 2.57. The third-order valence-corrected chi connectivity index (χ3v) is 9.04. The van der Waals surface area contributed by atoms with Crippen molar-refractivity contribution in [2.75, 3.05) is 6.26 Å². The molecule has 0 unspecified atom stereocenters. The van der Waals surface area contributed by atoms with Crippen LogP contribution in [0, 0.1) is 24.0 Å². The lowest BCUT2D eigenvalue weighted by molar-refractivity contribution is 0.242. The molecular weight excluding hydrogens is 498 g/mol. The van der Waals surface area contributed by atoms with E-state index in [9.17, 15) is 17.2 Å². The average Bonchev–Trinajstić information content (AvgIpc) is 3.44. The van der Waals surface area contributed by atoms with Crippen molar-refractivity contribution in [1.29, 1.82) is 0 Å². The van der Waals surface area contributed by atoms with Crippen molar-refractivity contribution in [2.24, 2.45) is 5.41 Å². The third kappa shape index (κ3) is 3.29. The molecule has 1 saturated carbocycles. The quantitative estimate of drug-likeness (QED) is 0.409. The van der Waals surface area contributed by atoms with Crippen molar-refractivity contribution in [1.82, 2.24) is 30.4 Å². The SMILES string of the molecule is Cc1nc(-c2cc([C@@]34CC[C@@H](c5cc(-c6c(F)cccc6F)nnc53)C4(C)C)nc(S(C)(=O)=O)c2)n[nH]1.[HH]. The zero-order valence-electron chi connectivity index (χ0n) is 20.7. The first-order valence-corrected chi connectivity index (χ1v) is 13.8. The Kier molecular flexibility index (Phi) is 4.95. The van der Waals surface area contributed by atoms with Crippen molar-refractivity contribution in [3.05, 3.63) is 70.8 Å². The summed E-state index contributed by atoms with van der Waals surface area (Å²) in [5.74, 6) is -0.437. The van der Waals surface area contributed by atoms with Crippen molar-refractivity contribution >= 4 is 9.84 Å². The van der Waals surface area contributed by atoms with Crippen LogP contribution in [0.3, 0.4) is 0 Å². The molecular formula is C26H26F2N6O2S. The first-order chi connectivity index (χ1) is 17.4. The molecule has 3 heterocycles. The fourth-order valence-corrected chi connectivity index (χ4v) is 6.88. The van der Waals surface area contributed by atoms with Gasteiger partial charge in [-0.2, -0.15) is 10.2 Å². The van der Waals surface area contributed by atoms with Gasteiger partial charge in [-0.15, -0.1) is 5.10 Å². The van der Waals surface area contributed by atoms with E-state index in [0.717, 1.165) is 18.2 Å². The molecule has 11 heteroatoms. The average molecular weight is 525 g/mol. The van der Waals surface area contributed by atoms with Crippen LogP contribution in [0.5, 0.6) is 0 Å². The molecule has 2 atom stereocenters. The van der Waals surface area contributed by atoms with Crippen molar-refractivity contribution < 1.29 is 18.6 Å². The molecule has 3 aromatic heterocycles. The molecule has 2 bridgehead atoms. The van der Waals surface area contributed by atoms with Gasteiger partial charge in [-0.25, -0.2) is 27.2 Å². The summed E-state index contributed by atoms with van der Waals surface area (Å²) in [4.78, 5) is 9.04. The smallest absolute Gasteiger partial charge is 0.192 e. The number of hydrogen-bond acceptors (Lipinski definition) is 7. The topological polar surface area (TPSA) is 114 Å². The summed E-state index contributed by atoms with van der Waals surface area (Å²) in [7, 11) is -3.66. The maximum atomic E-state index is 14.5. The number of fused-ring (bicyclic) bond motifs is 5. The second-order valence-corrected chi connectivity index (χ2v) is 12.4. The molecule has 2 aliphatic rings. The van der Waals surface area contributed by atoms with Crippen LogP contribution >= 0.6 is 0 Å². The van der Waals surface area contributed by atoms with Gasteiger partial charge < -0.3 is 0 Å². The Morgan fingerprint density at radius 1 is 1.08 bits per heavy atom. The fourth-order valence-electron chi connectivity index (χ4n) is 6.27. The number of hydrogen-bond donors (Lipinski definition) is 1. The van der Waals surface area contributed by atoms with Crippen LogP contribution < -0.4 is 0 Å². The molecule has 1 fully saturated rings. The van der Waals surface area contributed by atoms with E-state index >= 15 is 0 Å². The Morgan fingerprint density at radius 2 is 1.81 bits per heavy atom. The maximum Gasteiger partial charge on any atom is 0.192 e. The normalized spacial score (nSPS) is 21.8. The molecule has 6 rings (SSSR count). The lowest BCUT2D eigenvalue weighted by Gasteiger charge is -2.37. The fraction of sp³-hybridized carbons (Fsp3) is 0.346. The number of aromatic nitrogens is 6. The van der Waals surface area contributed by atoms with E-state index in [4.69, 9.17) is 0 Å². The molecule has 8 nitrogen and oxygen atoms in total.